The molecular formula is C11H15ClN2O3. The molecule has 5 nitrogen and oxygen atoms in total. The SMILES string of the molecule is CC(CCCO)Nc1cc(C(=O)O)cc(Cl)n1. The van der Waals surface area contributed by atoms with Crippen LogP contribution in [0, 0.1) is 0 Å². The van der Waals surface area contributed by atoms with Crippen LogP contribution in [0.15, 0.2) is 12.1 Å². The van der Waals surface area contributed by atoms with Crippen molar-refractivity contribution in [2.75, 3.05) is 11.9 Å². The second-order valence-corrected chi connectivity index (χ2v) is 4.17. The molecule has 1 aromatic rings. The van der Waals surface area contributed by atoms with Crippen LogP contribution in [0.5, 0.6) is 0 Å². The minimum atomic E-state index is -1.04. The maximum Gasteiger partial charge on any atom is 0.335 e. The van der Waals surface area contributed by atoms with Crippen molar-refractivity contribution in [1.29, 1.82) is 0 Å². The second-order valence-electron chi connectivity index (χ2n) is 3.78. The standard InChI is InChI=1S/C11H15ClN2O3/c1-7(3-2-4-15)13-10-6-8(11(16)17)5-9(12)14-10/h5-7,15H,2-4H2,1H3,(H,13,14)(H,16,17). The molecule has 0 fully saturated rings. The molecule has 1 atom stereocenters. The molecule has 0 bridgehead atoms. The molecule has 0 aromatic carbocycles. The number of nitrogens with zero attached hydrogens (tertiary/aromatic N) is 1. The third-order valence-corrected chi connectivity index (χ3v) is 2.42. The predicted octanol–water partition coefficient (Wildman–Crippen LogP) is 2.01. The Hall–Kier alpha value is -1.33. The van der Waals surface area contributed by atoms with Crippen molar-refractivity contribution in [3.8, 4) is 0 Å². The van der Waals surface area contributed by atoms with Gasteiger partial charge in [-0.1, -0.05) is 11.6 Å². The number of aromatic carboxylic acids is 1. The van der Waals surface area contributed by atoms with Crippen LogP contribution in [0.25, 0.3) is 0 Å². The first kappa shape index (κ1) is 13.7. The highest BCUT2D eigenvalue weighted by Crippen LogP contribution is 2.16. The number of hydrogen-bond donors (Lipinski definition) is 3. The highest BCUT2D eigenvalue weighted by atomic mass is 35.5. The van der Waals surface area contributed by atoms with Gasteiger partial charge < -0.3 is 15.5 Å². The molecule has 0 saturated heterocycles. The normalized spacial score (nSPS) is 12.2. The summed E-state index contributed by atoms with van der Waals surface area (Å²) in [7, 11) is 0. The Balaban J connectivity index is 2.73. The van der Waals surface area contributed by atoms with Gasteiger partial charge in [0.15, 0.2) is 0 Å². The first-order valence-electron chi connectivity index (χ1n) is 5.31. The van der Waals surface area contributed by atoms with Gasteiger partial charge in [-0.15, -0.1) is 0 Å². The number of aromatic nitrogens is 1. The number of nitrogens with one attached hydrogen (secondary N) is 1. The molecule has 1 aromatic heterocycles. The van der Waals surface area contributed by atoms with Gasteiger partial charge in [-0.25, -0.2) is 9.78 Å². The molecule has 1 rings (SSSR count). The zero-order valence-electron chi connectivity index (χ0n) is 9.48. The minimum absolute atomic E-state index is 0.0924. The Bertz CT molecular complexity index is 398. The summed E-state index contributed by atoms with van der Waals surface area (Å²) in [5, 5.41) is 20.7. The fraction of sp³-hybridized carbons (Fsp3) is 0.455. The number of aliphatic hydroxyl groups is 1. The van der Waals surface area contributed by atoms with Crippen LogP contribution in [0.3, 0.4) is 0 Å². The second kappa shape index (κ2) is 6.42. The fourth-order valence-corrected chi connectivity index (χ4v) is 1.63. The van der Waals surface area contributed by atoms with E-state index in [1.54, 1.807) is 0 Å². The lowest BCUT2D eigenvalue weighted by Gasteiger charge is -2.14. The van der Waals surface area contributed by atoms with Crippen molar-refractivity contribution in [2.45, 2.75) is 25.8 Å². The highest BCUT2D eigenvalue weighted by molar-refractivity contribution is 6.29. The van der Waals surface area contributed by atoms with E-state index >= 15 is 0 Å². The van der Waals surface area contributed by atoms with Crippen LogP contribution >= 0.6 is 11.6 Å². The van der Waals surface area contributed by atoms with E-state index in [0.29, 0.717) is 12.2 Å². The fourth-order valence-electron chi connectivity index (χ4n) is 1.42. The van der Waals surface area contributed by atoms with Crippen LogP contribution < -0.4 is 5.32 Å². The van der Waals surface area contributed by atoms with Gasteiger partial charge in [0.2, 0.25) is 0 Å². The van der Waals surface area contributed by atoms with Crippen LogP contribution in [0.2, 0.25) is 5.15 Å². The van der Waals surface area contributed by atoms with E-state index in [2.05, 4.69) is 10.3 Å². The maximum atomic E-state index is 10.8. The van der Waals surface area contributed by atoms with E-state index in [0.717, 1.165) is 6.42 Å². The molecular weight excluding hydrogens is 244 g/mol. The number of carboxylic acid groups (broad SMARTS) is 1. The van der Waals surface area contributed by atoms with E-state index in [4.69, 9.17) is 21.8 Å². The largest absolute Gasteiger partial charge is 0.478 e. The molecule has 3 N–H and O–H groups in total. The van der Waals surface area contributed by atoms with Crippen molar-refractivity contribution in [3.63, 3.8) is 0 Å². The Morgan fingerprint density at radius 2 is 2.29 bits per heavy atom. The summed E-state index contributed by atoms with van der Waals surface area (Å²) in [5.74, 6) is -0.610. The molecule has 0 aliphatic carbocycles. The van der Waals surface area contributed by atoms with Crippen LogP contribution in [0.1, 0.15) is 30.1 Å². The lowest BCUT2D eigenvalue weighted by molar-refractivity contribution is 0.0697. The molecule has 1 heterocycles. The first-order chi connectivity index (χ1) is 8.02. The summed E-state index contributed by atoms with van der Waals surface area (Å²) >= 11 is 5.73. The third-order valence-electron chi connectivity index (χ3n) is 2.23. The van der Waals surface area contributed by atoms with Crippen molar-refractivity contribution in [1.82, 2.24) is 4.98 Å². The van der Waals surface area contributed by atoms with E-state index < -0.39 is 5.97 Å². The Labute approximate surface area is 104 Å². The van der Waals surface area contributed by atoms with Crippen LogP contribution in [0.4, 0.5) is 5.82 Å². The zero-order chi connectivity index (χ0) is 12.8. The van der Waals surface area contributed by atoms with Crippen molar-refractivity contribution >= 4 is 23.4 Å². The summed E-state index contributed by atoms with van der Waals surface area (Å²) in [5.41, 5.74) is 0.0989. The molecule has 0 radical (unpaired) electrons. The summed E-state index contributed by atoms with van der Waals surface area (Å²) in [6.45, 7) is 2.06. The topological polar surface area (TPSA) is 82.5 Å². The van der Waals surface area contributed by atoms with Gasteiger partial charge >= 0.3 is 5.97 Å². The van der Waals surface area contributed by atoms with E-state index in [9.17, 15) is 4.79 Å². The summed E-state index contributed by atoms with van der Waals surface area (Å²) < 4.78 is 0. The molecule has 94 valence electrons. The smallest absolute Gasteiger partial charge is 0.335 e. The molecule has 0 aliphatic heterocycles. The van der Waals surface area contributed by atoms with Crippen molar-refractivity contribution < 1.29 is 15.0 Å². The number of hydrogen-bond acceptors (Lipinski definition) is 4. The average Bonchev–Trinajstić information content (AvgIpc) is 2.25. The van der Waals surface area contributed by atoms with Gasteiger partial charge in [0, 0.05) is 12.6 Å². The van der Waals surface area contributed by atoms with Crippen molar-refractivity contribution in [2.24, 2.45) is 0 Å². The predicted molar refractivity (Wildman–Crippen MR) is 65.6 cm³/mol. The van der Waals surface area contributed by atoms with Gasteiger partial charge in [-0.3, -0.25) is 0 Å². The summed E-state index contributed by atoms with van der Waals surface area (Å²) in [6, 6.07) is 2.83. The summed E-state index contributed by atoms with van der Waals surface area (Å²) in [4.78, 5) is 14.8. The number of rotatable bonds is 6. The molecule has 1 unspecified atom stereocenters. The lowest BCUT2D eigenvalue weighted by Crippen LogP contribution is -2.17. The Morgan fingerprint density at radius 3 is 2.88 bits per heavy atom. The monoisotopic (exact) mass is 258 g/mol. The molecule has 0 spiro atoms. The molecule has 6 heteroatoms. The number of halogens is 1. The minimum Gasteiger partial charge on any atom is -0.478 e. The highest BCUT2D eigenvalue weighted by Gasteiger charge is 2.09. The number of pyridine rings is 1. The average molecular weight is 259 g/mol. The van der Waals surface area contributed by atoms with E-state index in [-0.39, 0.29) is 23.4 Å². The van der Waals surface area contributed by atoms with Crippen molar-refractivity contribution in [3.05, 3.63) is 22.8 Å². The number of aliphatic hydroxyl groups excluding tert-OH is 1. The van der Waals surface area contributed by atoms with Gasteiger partial charge in [-0.05, 0) is 31.9 Å². The van der Waals surface area contributed by atoms with Crippen LogP contribution in [-0.4, -0.2) is 33.8 Å². The maximum absolute atomic E-state index is 10.8. The van der Waals surface area contributed by atoms with Gasteiger partial charge in [0.05, 0.1) is 5.56 Å². The van der Waals surface area contributed by atoms with Crippen LogP contribution in [-0.2, 0) is 0 Å². The Kier molecular flexibility index (Phi) is 5.18. The van der Waals surface area contributed by atoms with Gasteiger partial charge in [0.25, 0.3) is 0 Å². The quantitative estimate of drug-likeness (QED) is 0.680. The summed E-state index contributed by atoms with van der Waals surface area (Å²) in [6.07, 6.45) is 1.45. The number of anilines is 1. The zero-order valence-corrected chi connectivity index (χ0v) is 10.2. The third kappa shape index (κ3) is 4.58. The Morgan fingerprint density at radius 1 is 1.59 bits per heavy atom. The first-order valence-corrected chi connectivity index (χ1v) is 5.69. The number of carboxylic acids is 1. The van der Waals surface area contributed by atoms with E-state index in [1.165, 1.54) is 12.1 Å². The molecule has 17 heavy (non-hydrogen) atoms. The molecule has 0 aliphatic rings. The van der Waals surface area contributed by atoms with Gasteiger partial charge in [0.1, 0.15) is 11.0 Å². The van der Waals surface area contributed by atoms with E-state index in [1.807, 2.05) is 6.92 Å². The molecule has 0 saturated carbocycles. The van der Waals surface area contributed by atoms with Gasteiger partial charge in [-0.2, -0.15) is 0 Å². The number of carbonyl (C=O) groups is 1. The lowest BCUT2D eigenvalue weighted by atomic mass is 10.2. The molecule has 0 amide bonds.